The van der Waals surface area contributed by atoms with E-state index in [9.17, 15) is 10.1 Å². The summed E-state index contributed by atoms with van der Waals surface area (Å²) in [4.78, 5) is 10.6. The van der Waals surface area contributed by atoms with Crippen LogP contribution in [0.4, 0.5) is 11.5 Å². The first-order chi connectivity index (χ1) is 11.0. The summed E-state index contributed by atoms with van der Waals surface area (Å²) in [6.07, 6.45) is 3.30. The van der Waals surface area contributed by atoms with Crippen LogP contribution in [-0.4, -0.2) is 36.2 Å². The second kappa shape index (κ2) is 8.11. The van der Waals surface area contributed by atoms with Crippen LogP contribution in [0.25, 0.3) is 0 Å². The van der Waals surface area contributed by atoms with E-state index in [-0.39, 0.29) is 10.7 Å². The van der Waals surface area contributed by atoms with Crippen LogP contribution in [0, 0.1) is 16.0 Å². The van der Waals surface area contributed by atoms with Gasteiger partial charge in [0, 0.05) is 20.2 Å². The highest BCUT2D eigenvalue weighted by molar-refractivity contribution is 6.74. The third kappa shape index (κ3) is 5.59. The van der Waals surface area contributed by atoms with E-state index in [2.05, 4.69) is 51.2 Å². The Morgan fingerprint density at radius 2 is 2.08 bits per heavy atom. The van der Waals surface area contributed by atoms with Gasteiger partial charge in [0.05, 0.1) is 4.92 Å². The highest BCUT2D eigenvalue weighted by atomic mass is 28.4. The second-order valence-electron chi connectivity index (χ2n) is 8.00. The molecule has 1 rings (SSSR count). The maximum atomic E-state index is 11.0. The van der Waals surface area contributed by atoms with Crippen molar-refractivity contribution < 1.29 is 9.35 Å². The fraction of sp³-hybridized carbons (Fsp3) is 0.812. The van der Waals surface area contributed by atoms with Crippen molar-refractivity contribution in [3.63, 3.8) is 0 Å². The number of anilines is 1. The third-order valence-electron chi connectivity index (χ3n) is 4.84. The van der Waals surface area contributed by atoms with Crippen LogP contribution in [-0.2, 0) is 11.5 Å². The molecule has 0 aliphatic carbocycles. The van der Waals surface area contributed by atoms with Gasteiger partial charge in [-0.15, -0.1) is 0 Å². The third-order valence-corrected chi connectivity index (χ3v) is 9.38. The molecular formula is C16H32N4O3Si. The predicted molar refractivity (Wildman–Crippen MR) is 99.9 cm³/mol. The minimum Gasteiger partial charge on any atom is -0.417 e. The Kier molecular flexibility index (Phi) is 6.97. The van der Waals surface area contributed by atoms with Crippen molar-refractivity contribution in [1.29, 1.82) is 0 Å². The second-order valence-corrected chi connectivity index (χ2v) is 12.8. The lowest BCUT2D eigenvalue weighted by molar-refractivity contribution is -0.384. The topological polar surface area (TPSA) is 82.2 Å². The standard InChI is InChI=1S/C16H32N4O3Si/c1-13(9-8-10-23-24(6,7)16(2,3)4)11-17-15-14(20(21)22)12-18-19(15)5/h12-13,17H,8-11H2,1-7H3/t13-/m1/s1. The largest absolute Gasteiger partial charge is 0.417 e. The maximum Gasteiger partial charge on any atom is 0.330 e. The predicted octanol–water partition coefficient (Wildman–Crippen LogP) is 4.18. The molecule has 8 heteroatoms. The van der Waals surface area contributed by atoms with Crippen LogP contribution in [0.2, 0.25) is 18.1 Å². The summed E-state index contributed by atoms with van der Waals surface area (Å²) in [5.74, 6) is 0.867. The van der Waals surface area contributed by atoms with Crippen LogP contribution in [0.1, 0.15) is 40.5 Å². The number of nitrogens with zero attached hydrogens (tertiary/aromatic N) is 3. The van der Waals surface area contributed by atoms with Gasteiger partial charge in [-0.1, -0.05) is 27.7 Å². The Bertz CT molecular complexity index is 552. The Morgan fingerprint density at radius 1 is 1.46 bits per heavy atom. The average Bonchev–Trinajstić information content (AvgIpc) is 2.81. The molecule has 0 unspecified atom stereocenters. The monoisotopic (exact) mass is 356 g/mol. The van der Waals surface area contributed by atoms with Crippen LogP contribution in [0.5, 0.6) is 0 Å². The van der Waals surface area contributed by atoms with Gasteiger partial charge in [0.1, 0.15) is 6.20 Å². The van der Waals surface area contributed by atoms with Gasteiger partial charge in [-0.2, -0.15) is 5.10 Å². The molecule has 1 aromatic rings. The lowest BCUT2D eigenvalue weighted by atomic mass is 10.1. The van der Waals surface area contributed by atoms with E-state index in [1.54, 1.807) is 7.05 Å². The molecule has 1 atom stereocenters. The summed E-state index contributed by atoms with van der Waals surface area (Å²) in [5, 5.41) is 18.3. The number of rotatable bonds is 9. The van der Waals surface area contributed by atoms with Crippen LogP contribution >= 0.6 is 0 Å². The molecule has 0 spiro atoms. The lowest BCUT2D eigenvalue weighted by Gasteiger charge is -2.36. The van der Waals surface area contributed by atoms with Gasteiger partial charge in [0.25, 0.3) is 0 Å². The van der Waals surface area contributed by atoms with Gasteiger partial charge in [-0.3, -0.25) is 10.1 Å². The number of hydrogen-bond donors (Lipinski definition) is 1. The summed E-state index contributed by atoms with van der Waals surface area (Å²) in [6.45, 7) is 14.9. The molecule has 0 fully saturated rings. The van der Waals surface area contributed by atoms with Gasteiger partial charge in [0.2, 0.25) is 5.82 Å². The summed E-state index contributed by atoms with van der Waals surface area (Å²) < 4.78 is 7.68. The zero-order chi connectivity index (χ0) is 18.5. The molecular weight excluding hydrogens is 324 g/mol. The molecule has 1 N–H and O–H groups in total. The van der Waals surface area contributed by atoms with Gasteiger partial charge in [-0.05, 0) is 36.9 Å². The molecule has 0 radical (unpaired) electrons. The number of nitrogens with one attached hydrogen (secondary N) is 1. The lowest BCUT2D eigenvalue weighted by Crippen LogP contribution is -2.41. The number of hydrogen-bond acceptors (Lipinski definition) is 5. The Hall–Kier alpha value is -1.41. The fourth-order valence-electron chi connectivity index (χ4n) is 2.11. The summed E-state index contributed by atoms with van der Waals surface area (Å²) in [7, 11) is 0.0327. The van der Waals surface area contributed by atoms with E-state index in [4.69, 9.17) is 4.43 Å². The van der Waals surface area contributed by atoms with Crippen molar-refractivity contribution in [3.8, 4) is 0 Å². The molecule has 0 saturated heterocycles. The van der Waals surface area contributed by atoms with E-state index in [0.29, 0.717) is 18.3 Å². The first-order valence-corrected chi connectivity index (χ1v) is 11.4. The van der Waals surface area contributed by atoms with Crippen molar-refractivity contribution in [2.45, 2.75) is 58.7 Å². The van der Waals surface area contributed by atoms with Gasteiger partial charge in [0.15, 0.2) is 8.32 Å². The maximum absolute atomic E-state index is 11.0. The van der Waals surface area contributed by atoms with Gasteiger partial charge >= 0.3 is 5.69 Å². The summed E-state index contributed by atoms with van der Waals surface area (Å²) in [5.41, 5.74) is 0.0194. The van der Waals surface area contributed by atoms with Crippen LogP contribution in [0.15, 0.2) is 6.20 Å². The van der Waals surface area contributed by atoms with E-state index in [1.165, 1.54) is 10.9 Å². The van der Waals surface area contributed by atoms with Crippen molar-refractivity contribution >= 4 is 19.8 Å². The quantitative estimate of drug-likeness (QED) is 0.311. The molecule has 1 aromatic heterocycles. The van der Waals surface area contributed by atoms with Crippen molar-refractivity contribution in [2.75, 3.05) is 18.5 Å². The first-order valence-electron chi connectivity index (χ1n) is 8.50. The van der Waals surface area contributed by atoms with Gasteiger partial charge in [-0.25, -0.2) is 4.68 Å². The molecule has 24 heavy (non-hydrogen) atoms. The van der Waals surface area contributed by atoms with Crippen LogP contribution in [0.3, 0.4) is 0 Å². The molecule has 1 heterocycles. The zero-order valence-corrected chi connectivity index (χ0v) is 17.0. The highest BCUT2D eigenvalue weighted by Gasteiger charge is 2.36. The fourth-order valence-corrected chi connectivity index (χ4v) is 3.20. The number of nitro groups is 1. The molecule has 0 aliphatic heterocycles. The molecule has 0 bridgehead atoms. The highest BCUT2D eigenvalue weighted by Crippen LogP contribution is 2.36. The van der Waals surface area contributed by atoms with Crippen molar-refractivity contribution in [3.05, 3.63) is 16.3 Å². The number of aromatic nitrogens is 2. The van der Waals surface area contributed by atoms with Gasteiger partial charge < -0.3 is 9.74 Å². The Morgan fingerprint density at radius 3 is 2.62 bits per heavy atom. The molecule has 138 valence electrons. The Balaban J connectivity index is 2.37. The average molecular weight is 357 g/mol. The van der Waals surface area contributed by atoms with Crippen molar-refractivity contribution in [2.24, 2.45) is 13.0 Å². The minimum atomic E-state index is -1.67. The first kappa shape index (κ1) is 20.6. The number of aryl methyl sites for hydroxylation is 1. The molecule has 0 amide bonds. The van der Waals surface area contributed by atoms with Crippen LogP contribution < -0.4 is 5.32 Å². The SMILES string of the molecule is C[C@H](CCCO[Si](C)(C)C(C)(C)C)CNc1c([N+](=O)[O-])cnn1C. The molecule has 0 aromatic carbocycles. The normalized spacial score (nSPS) is 13.8. The van der Waals surface area contributed by atoms with E-state index < -0.39 is 13.2 Å². The molecule has 0 saturated carbocycles. The summed E-state index contributed by atoms with van der Waals surface area (Å²) in [6, 6.07) is 0. The Labute approximate surface area is 146 Å². The zero-order valence-electron chi connectivity index (χ0n) is 16.0. The molecule has 0 aliphatic rings. The van der Waals surface area contributed by atoms with E-state index >= 15 is 0 Å². The van der Waals surface area contributed by atoms with Crippen molar-refractivity contribution in [1.82, 2.24) is 9.78 Å². The van der Waals surface area contributed by atoms with E-state index in [1.807, 2.05) is 0 Å². The summed E-state index contributed by atoms with van der Waals surface area (Å²) >= 11 is 0. The van der Waals surface area contributed by atoms with E-state index in [0.717, 1.165) is 19.4 Å². The smallest absolute Gasteiger partial charge is 0.330 e. The molecule has 7 nitrogen and oxygen atoms in total. The minimum absolute atomic E-state index is 0.0194.